The number of nitrogens with one attached hydrogen (secondary N) is 1. The molecule has 2 aliphatic heterocycles. The molecule has 0 radical (unpaired) electrons. The Morgan fingerprint density at radius 1 is 0.968 bits per heavy atom. The third-order valence-corrected chi connectivity index (χ3v) is 5.58. The lowest BCUT2D eigenvalue weighted by Crippen LogP contribution is -2.18. The lowest BCUT2D eigenvalue weighted by molar-refractivity contribution is 0.392. The van der Waals surface area contributed by atoms with Crippen molar-refractivity contribution in [2.75, 3.05) is 0 Å². The molecule has 3 heterocycles. The summed E-state index contributed by atoms with van der Waals surface area (Å²) in [6, 6.07) is 20.2. The van der Waals surface area contributed by atoms with Gasteiger partial charge in [-0.1, -0.05) is 65.8 Å². The van der Waals surface area contributed by atoms with Gasteiger partial charge in [-0.2, -0.15) is 0 Å². The number of hydrogen-bond acceptors (Lipinski definition) is 4. The van der Waals surface area contributed by atoms with Gasteiger partial charge in [-0.15, -0.1) is 0 Å². The molecule has 6 nitrogen and oxygen atoms in total. The molecule has 2 aromatic carbocycles. The van der Waals surface area contributed by atoms with Crippen LogP contribution in [0, 0.1) is 13.8 Å². The summed E-state index contributed by atoms with van der Waals surface area (Å²) in [6.45, 7) is 3.74. The highest BCUT2D eigenvalue weighted by Crippen LogP contribution is 2.24. The first-order valence-corrected chi connectivity index (χ1v) is 10.2. The van der Waals surface area contributed by atoms with Crippen molar-refractivity contribution in [3.63, 3.8) is 0 Å². The van der Waals surface area contributed by atoms with Gasteiger partial charge in [0.1, 0.15) is 11.5 Å². The molecule has 0 amide bonds. The van der Waals surface area contributed by atoms with Crippen LogP contribution in [-0.2, 0) is 12.8 Å². The van der Waals surface area contributed by atoms with Gasteiger partial charge >= 0.3 is 0 Å². The monoisotopic (exact) mass is 410 g/mol. The minimum atomic E-state index is -0.115. The molecule has 3 aromatic rings. The van der Waals surface area contributed by atoms with Crippen LogP contribution in [0.1, 0.15) is 34.0 Å². The number of aromatic nitrogens is 4. The summed E-state index contributed by atoms with van der Waals surface area (Å²) >= 11 is 0. The molecule has 0 unspecified atom stereocenters. The highest BCUT2D eigenvalue weighted by atomic mass is 16.5. The van der Waals surface area contributed by atoms with E-state index >= 15 is 0 Å². The zero-order chi connectivity index (χ0) is 21.4. The highest BCUT2D eigenvalue weighted by molar-refractivity contribution is 5.60. The van der Waals surface area contributed by atoms with Crippen LogP contribution < -0.4 is 5.56 Å². The molecule has 0 bridgehead atoms. The molecule has 154 valence electrons. The molecule has 0 saturated carbocycles. The van der Waals surface area contributed by atoms with Crippen molar-refractivity contribution in [1.29, 1.82) is 0 Å². The number of imidazole rings is 1. The summed E-state index contributed by atoms with van der Waals surface area (Å²) in [5.74, 6) is 1.37. The fraction of sp³-hybridized carbons (Fsp3) is 0.160. The fourth-order valence-electron chi connectivity index (χ4n) is 3.90. The zero-order valence-electron chi connectivity index (χ0n) is 17.4. The van der Waals surface area contributed by atoms with Crippen molar-refractivity contribution in [3.05, 3.63) is 111 Å². The summed E-state index contributed by atoms with van der Waals surface area (Å²) in [5, 5.41) is 4.01. The Bertz CT molecular complexity index is 1340. The van der Waals surface area contributed by atoms with Crippen LogP contribution in [0.5, 0.6) is 0 Å². The van der Waals surface area contributed by atoms with Gasteiger partial charge < -0.3 is 9.51 Å². The van der Waals surface area contributed by atoms with Gasteiger partial charge in [-0.25, -0.2) is 4.98 Å². The fourth-order valence-corrected chi connectivity index (χ4v) is 3.90. The lowest BCUT2D eigenvalue weighted by Gasteiger charge is -2.13. The number of H-pyrrole nitrogens is 1. The molecule has 0 saturated heterocycles. The molecule has 1 aromatic heterocycles. The summed E-state index contributed by atoms with van der Waals surface area (Å²) in [5.41, 5.74) is 6.00. The number of hydrogen-bond donors (Lipinski definition) is 1. The Labute approximate surface area is 179 Å². The van der Waals surface area contributed by atoms with E-state index < -0.39 is 0 Å². The van der Waals surface area contributed by atoms with Crippen LogP contribution in [-0.4, -0.2) is 19.7 Å². The maximum Gasteiger partial charge on any atom is 0.278 e. The summed E-state index contributed by atoms with van der Waals surface area (Å²) in [4.78, 5) is 21.6. The Kier molecular flexibility index (Phi) is 4.75. The zero-order valence-corrected chi connectivity index (χ0v) is 17.4. The van der Waals surface area contributed by atoms with Gasteiger partial charge in [0.05, 0.1) is 17.1 Å². The average molecular weight is 410 g/mol. The quantitative estimate of drug-likeness (QED) is 0.464. The van der Waals surface area contributed by atoms with Crippen molar-refractivity contribution in [3.8, 4) is 17.1 Å². The Hall–Kier alpha value is -3.93. The maximum absolute atomic E-state index is 13.3. The number of aryl methyl sites for hydroxylation is 2. The van der Waals surface area contributed by atoms with Crippen LogP contribution in [0.3, 0.4) is 0 Å². The van der Waals surface area contributed by atoms with Crippen molar-refractivity contribution in [1.82, 2.24) is 19.7 Å². The summed E-state index contributed by atoms with van der Waals surface area (Å²) in [6.07, 6.45) is 2.88. The van der Waals surface area contributed by atoms with E-state index in [0.717, 1.165) is 39.5 Å². The smallest absolute Gasteiger partial charge is 0.278 e. The molecule has 0 fully saturated rings. The van der Waals surface area contributed by atoms with Crippen LogP contribution >= 0.6 is 0 Å². The van der Waals surface area contributed by atoms with E-state index in [2.05, 4.69) is 22.3 Å². The largest absolute Gasteiger partial charge is 0.361 e. The molecule has 6 heteroatoms. The molecule has 0 spiro atoms. The second-order valence-corrected chi connectivity index (χ2v) is 7.71. The average Bonchev–Trinajstić information content (AvgIpc) is 3.29. The van der Waals surface area contributed by atoms with Crippen molar-refractivity contribution >= 4 is 0 Å². The minimum absolute atomic E-state index is 0.115. The van der Waals surface area contributed by atoms with Gasteiger partial charge in [0.2, 0.25) is 0 Å². The molecular weight excluding hydrogens is 388 g/mol. The summed E-state index contributed by atoms with van der Waals surface area (Å²) < 4.78 is 6.93. The van der Waals surface area contributed by atoms with E-state index in [4.69, 9.17) is 9.51 Å². The number of fused-ring (bicyclic) bond motifs is 1. The van der Waals surface area contributed by atoms with Crippen LogP contribution in [0.15, 0.2) is 76.2 Å². The van der Waals surface area contributed by atoms with E-state index in [-0.39, 0.29) is 5.56 Å². The predicted molar refractivity (Wildman–Crippen MR) is 119 cm³/mol. The third-order valence-electron chi connectivity index (χ3n) is 5.58. The van der Waals surface area contributed by atoms with E-state index in [9.17, 15) is 4.79 Å². The van der Waals surface area contributed by atoms with Crippen molar-refractivity contribution in [2.24, 2.45) is 0 Å². The topological polar surface area (TPSA) is 76.7 Å². The third kappa shape index (κ3) is 3.57. The van der Waals surface area contributed by atoms with E-state index in [1.807, 2.05) is 68.6 Å². The van der Waals surface area contributed by atoms with Gasteiger partial charge in [-0.3, -0.25) is 9.36 Å². The van der Waals surface area contributed by atoms with Gasteiger partial charge in [-0.05, 0) is 25.0 Å². The SMILES string of the molecule is Cc1noc(C)c1Cc1nc2c(Cc3ccccc3)[nH]c(-c3ccccc3)cn-2c1=O. The first kappa shape index (κ1) is 19.1. The first-order chi connectivity index (χ1) is 15.1. The van der Waals surface area contributed by atoms with E-state index in [1.165, 1.54) is 0 Å². The first-order valence-electron chi connectivity index (χ1n) is 10.2. The highest BCUT2D eigenvalue weighted by Gasteiger charge is 2.22. The molecular formula is C25H22N4O2. The number of aromatic amines is 1. The Morgan fingerprint density at radius 2 is 1.68 bits per heavy atom. The standard InChI is InChI=1S/C25H22N4O2/c1-16-20(17(2)31-28-16)14-22-25(30)29-15-23(19-11-7-4-8-12-19)26-21(24(29)27-22)13-18-9-5-3-6-10-18/h3-12,15,26H,13-14H2,1-2H3. The van der Waals surface area contributed by atoms with Gasteiger partial charge in [0, 0.05) is 24.6 Å². The molecule has 1 N–H and O–H groups in total. The van der Waals surface area contributed by atoms with E-state index in [0.29, 0.717) is 24.4 Å². The second kappa shape index (κ2) is 7.72. The summed E-state index contributed by atoms with van der Waals surface area (Å²) in [7, 11) is 0. The second-order valence-electron chi connectivity index (χ2n) is 7.71. The minimum Gasteiger partial charge on any atom is -0.361 e. The number of benzene rings is 2. The van der Waals surface area contributed by atoms with Gasteiger partial charge in [0.15, 0.2) is 5.82 Å². The number of rotatable bonds is 5. The van der Waals surface area contributed by atoms with Crippen molar-refractivity contribution < 1.29 is 4.52 Å². The van der Waals surface area contributed by atoms with Crippen molar-refractivity contribution in [2.45, 2.75) is 26.7 Å². The normalized spacial score (nSPS) is 11.3. The predicted octanol–water partition coefficient (Wildman–Crippen LogP) is 4.45. The van der Waals surface area contributed by atoms with Gasteiger partial charge in [0.25, 0.3) is 5.56 Å². The Balaban J connectivity index is 1.67. The van der Waals surface area contributed by atoms with Crippen LogP contribution in [0.25, 0.3) is 17.1 Å². The lowest BCUT2D eigenvalue weighted by atomic mass is 10.1. The van der Waals surface area contributed by atoms with Crippen LogP contribution in [0.4, 0.5) is 0 Å². The molecule has 2 aliphatic rings. The van der Waals surface area contributed by atoms with Crippen LogP contribution in [0.2, 0.25) is 0 Å². The molecule has 0 aliphatic carbocycles. The van der Waals surface area contributed by atoms with E-state index in [1.54, 1.807) is 4.57 Å². The number of nitrogens with zero attached hydrogens (tertiary/aromatic N) is 3. The maximum atomic E-state index is 13.3. The molecule has 0 atom stereocenters. The molecule has 5 rings (SSSR count). The Morgan fingerprint density at radius 3 is 2.35 bits per heavy atom. The molecule has 31 heavy (non-hydrogen) atoms.